The van der Waals surface area contributed by atoms with Gasteiger partial charge in [-0.25, -0.2) is 0 Å². The second-order valence-electron chi connectivity index (χ2n) is 6.26. The van der Waals surface area contributed by atoms with Gasteiger partial charge in [-0.3, -0.25) is 14.5 Å². The maximum atomic E-state index is 12.2. The van der Waals surface area contributed by atoms with E-state index in [1.54, 1.807) is 4.90 Å². The van der Waals surface area contributed by atoms with Gasteiger partial charge in [0, 0.05) is 32.0 Å². The number of Topliss-reactive ketones (excluding diaryl/α,β-unsaturated/α-hetero) is 1. The number of likely N-dealkylation sites (N-methyl/N-ethyl adjacent to an activating group) is 1. The van der Waals surface area contributed by atoms with Crippen molar-refractivity contribution in [1.82, 2.24) is 9.80 Å². The number of ketones is 1. The summed E-state index contributed by atoms with van der Waals surface area (Å²) in [5.41, 5.74) is 0. The first-order chi connectivity index (χ1) is 9.63. The molecule has 0 radical (unpaired) electrons. The Bertz CT molecular complexity index is 356. The summed E-state index contributed by atoms with van der Waals surface area (Å²) in [4.78, 5) is 28.4. The summed E-state index contributed by atoms with van der Waals surface area (Å²) in [7, 11) is 1.85. The first kappa shape index (κ1) is 15.5. The molecule has 114 valence electrons. The third-order valence-electron chi connectivity index (χ3n) is 4.97. The standard InChI is InChI=1S/C16H28N2O2/c1-3-17(2)16(20)12-18-11-7-6-9-14(18)13-8-4-5-10-15(13)19/h13-14H,3-12H2,1-2H3. The van der Waals surface area contributed by atoms with E-state index in [0.29, 0.717) is 18.4 Å². The summed E-state index contributed by atoms with van der Waals surface area (Å²) in [5.74, 6) is 0.802. The fourth-order valence-electron chi connectivity index (χ4n) is 3.56. The molecular formula is C16H28N2O2. The highest BCUT2D eigenvalue weighted by Gasteiger charge is 2.36. The summed E-state index contributed by atoms with van der Waals surface area (Å²) in [6, 6.07) is 0.311. The molecule has 0 aromatic rings. The maximum Gasteiger partial charge on any atom is 0.236 e. The molecule has 2 atom stereocenters. The van der Waals surface area contributed by atoms with Gasteiger partial charge in [0.1, 0.15) is 5.78 Å². The van der Waals surface area contributed by atoms with Crippen LogP contribution in [-0.2, 0) is 9.59 Å². The van der Waals surface area contributed by atoms with Crippen molar-refractivity contribution in [2.75, 3.05) is 26.7 Å². The quantitative estimate of drug-likeness (QED) is 0.791. The Morgan fingerprint density at radius 2 is 2.00 bits per heavy atom. The van der Waals surface area contributed by atoms with Crippen molar-refractivity contribution in [2.45, 2.75) is 57.9 Å². The molecule has 0 aromatic carbocycles. The summed E-state index contributed by atoms with van der Waals surface area (Å²) in [5, 5.41) is 0. The van der Waals surface area contributed by atoms with Crippen molar-refractivity contribution in [1.29, 1.82) is 0 Å². The van der Waals surface area contributed by atoms with Crippen LogP contribution in [0.25, 0.3) is 0 Å². The summed E-state index contributed by atoms with van der Waals surface area (Å²) < 4.78 is 0. The van der Waals surface area contributed by atoms with Gasteiger partial charge < -0.3 is 4.90 Å². The zero-order valence-corrected chi connectivity index (χ0v) is 12.9. The van der Waals surface area contributed by atoms with Crippen molar-refractivity contribution >= 4 is 11.7 Å². The number of likely N-dealkylation sites (tertiary alicyclic amines) is 1. The van der Waals surface area contributed by atoms with E-state index in [9.17, 15) is 9.59 Å². The normalized spacial score (nSPS) is 28.4. The molecule has 1 heterocycles. The second kappa shape index (κ2) is 7.21. The molecule has 1 amide bonds. The molecular weight excluding hydrogens is 252 g/mol. The smallest absolute Gasteiger partial charge is 0.236 e. The molecule has 0 aromatic heterocycles. The van der Waals surface area contributed by atoms with Crippen molar-refractivity contribution in [3.05, 3.63) is 0 Å². The highest BCUT2D eigenvalue weighted by molar-refractivity contribution is 5.82. The molecule has 4 nitrogen and oxygen atoms in total. The van der Waals surface area contributed by atoms with E-state index >= 15 is 0 Å². The Hall–Kier alpha value is -0.900. The highest BCUT2D eigenvalue weighted by atomic mass is 16.2. The van der Waals surface area contributed by atoms with Crippen molar-refractivity contribution in [3.8, 4) is 0 Å². The first-order valence-corrected chi connectivity index (χ1v) is 8.14. The molecule has 0 N–H and O–H groups in total. The molecule has 1 saturated heterocycles. The highest BCUT2D eigenvalue weighted by Crippen LogP contribution is 2.31. The minimum absolute atomic E-state index is 0.183. The lowest BCUT2D eigenvalue weighted by molar-refractivity contribution is -0.135. The van der Waals surface area contributed by atoms with Crippen LogP contribution in [0.15, 0.2) is 0 Å². The van der Waals surface area contributed by atoms with Gasteiger partial charge in [-0.1, -0.05) is 12.8 Å². The van der Waals surface area contributed by atoms with E-state index in [1.807, 2.05) is 14.0 Å². The van der Waals surface area contributed by atoms with E-state index in [1.165, 1.54) is 12.8 Å². The van der Waals surface area contributed by atoms with Crippen LogP contribution in [0.2, 0.25) is 0 Å². The Labute approximate surface area is 122 Å². The number of rotatable bonds is 4. The number of nitrogens with zero attached hydrogens (tertiary/aromatic N) is 2. The molecule has 1 saturated carbocycles. The third kappa shape index (κ3) is 3.60. The minimum atomic E-state index is 0.183. The summed E-state index contributed by atoms with van der Waals surface area (Å²) in [6.07, 6.45) is 7.43. The summed E-state index contributed by atoms with van der Waals surface area (Å²) in [6.45, 7) is 4.20. The number of hydrogen-bond donors (Lipinski definition) is 0. The first-order valence-electron chi connectivity index (χ1n) is 8.14. The molecule has 2 unspecified atom stereocenters. The van der Waals surface area contributed by atoms with Gasteiger partial charge in [-0.15, -0.1) is 0 Å². The Balaban J connectivity index is 2.01. The van der Waals surface area contributed by atoms with Gasteiger partial charge in [0.2, 0.25) is 5.91 Å². The van der Waals surface area contributed by atoms with Crippen LogP contribution in [0.3, 0.4) is 0 Å². The molecule has 1 aliphatic heterocycles. The molecule has 2 aliphatic rings. The largest absolute Gasteiger partial charge is 0.345 e. The van der Waals surface area contributed by atoms with Crippen LogP contribution in [0, 0.1) is 5.92 Å². The lowest BCUT2D eigenvalue weighted by Crippen LogP contribution is -2.51. The zero-order valence-electron chi connectivity index (χ0n) is 12.9. The van der Waals surface area contributed by atoms with Crippen LogP contribution in [0.4, 0.5) is 0 Å². The molecule has 0 bridgehead atoms. The van der Waals surface area contributed by atoms with Gasteiger partial charge >= 0.3 is 0 Å². The predicted octanol–water partition coefficient (Wildman–Crippen LogP) is 2.08. The average molecular weight is 280 g/mol. The van der Waals surface area contributed by atoms with E-state index in [2.05, 4.69) is 4.90 Å². The molecule has 0 spiro atoms. The predicted molar refractivity (Wildman–Crippen MR) is 79.5 cm³/mol. The molecule has 4 heteroatoms. The van der Waals surface area contributed by atoms with Crippen LogP contribution in [0.5, 0.6) is 0 Å². The number of carbonyl (C=O) groups is 2. The van der Waals surface area contributed by atoms with Crippen LogP contribution >= 0.6 is 0 Å². The molecule has 1 aliphatic carbocycles. The van der Waals surface area contributed by atoms with Crippen LogP contribution in [-0.4, -0.2) is 54.2 Å². The van der Waals surface area contributed by atoms with Crippen LogP contribution in [0.1, 0.15) is 51.9 Å². The number of amides is 1. The minimum Gasteiger partial charge on any atom is -0.345 e. The molecule has 2 rings (SSSR count). The third-order valence-corrected chi connectivity index (χ3v) is 4.97. The van der Waals surface area contributed by atoms with Crippen molar-refractivity contribution in [2.24, 2.45) is 5.92 Å². The Morgan fingerprint density at radius 3 is 2.70 bits per heavy atom. The molecule has 2 fully saturated rings. The second-order valence-corrected chi connectivity index (χ2v) is 6.26. The van der Waals surface area contributed by atoms with Gasteiger partial charge in [-0.05, 0) is 39.2 Å². The topological polar surface area (TPSA) is 40.6 Å². The number of piperidine rings is 1. The van der Waals surface area contributed by atoms with Gasteiger partial charge in [0.15, 0.2) is 0 Å². The maximum absolute atomic E-state index is 12.2. The fourth-order valence-corrected chi connectivity index (χ4v) is 3.56. The Morgan fingerprint density at radius 1 is 1.25 bits per heavy atom. The van der Waals surface area contributed by atoms with E-state index < -0.39 is 0 Å². The van der Waals surface area contributed by atoms with Gasteiger partial charge in [0.05, 0.1) is 6.54 Å². The molecule has 20 heavy (non-hydrogen) atoms. The average Bonchev–Trinajstić information content (AvgIpc) is 2.47. The van der Waals surface area contributed by atoms with Gasteiger partial charge in [0.25, 0.3) is 0 Å². The number of hydrogen-bond acceptors (Lipinski definition) is 3. The van der Waals surface area contributed by atoms with Crippen LogP contribution < -0.4 is 0 Å². The SMILES string of the molecule is CCN(C)C(=O)CN1CCCCC1C1CCCCC1=O. The van der Waals surface area contributed by atoms with Crippen molar-refractivity contribution < 1.29 is 9.59 Å². The number of carbonyl (C=O) groups excluding carboxylic acids is 2. The van der Waals surface area contributed by atoms with Crippen molar-refractivity contribution in [3.63, 3.8) is 0 Å². The summed E-state index contributed by atoms with van der Waals surface area (Å²) >= 11 is 0. The lowest BCUT2D eigenvalue weighted by Gasteiger charge is -2.41. The zero-order chi connectivity index (χ0) is 14.5. The van der Waals surface area contributed by atoms with E-state index in [0.717, 1.165) is 45.2 Å². The van der Waals surface area contributed by atoms with Gasteiger partial charge in [-0.2, -0.15) is 0 Å². The Kier molecular flexibility index (Phi) is 5.58. The van der Waals surface area contributed by atoms with E-state index in [4.69, 9.17) is 0 Å². The lowest BCUT2D eigenvalue weighted by atomic mass is 9.79. The fraction of sp³-hybridized carbons (Fsp3) is 0.875. The monoisotopic (exact) mass is 280 g/mol. The van der Waals surface area contributed by atoms with E-state index in [-0.39, 0.29) is 11.8 Å².